The lowest BCUT2D eigenvalue weighted by Gasteiger charge is -2.34. The van der Waals surface area contributed by atoms with Gasteiger partial charge in [0.1, 0.15) is 0 Å². The van der Waals surface area contributed by atoms with E-state index in [1.54, 1.807) is 4.90 Å². The van der Waals surface area contributed by atoms with Gasteiger partial charge >= 0.3 is 6.18 Å². The van der Waals surface area contributed by atoms with E-state index in [4.69, 9.17) is 4.52 Å². The van der Waals surface area contributed by atoms with E-state index < -0.39 is 12.7 Å². The summed E-state index contributed by atoms with van der Waals surface area (Å²) < 4.78 is 42.3. The fraction of sp³-hybridized carbons (Fsp3) is 0.714. The molecule has 0 N–H and O–H groups in total. The van der Waals surface area contributed by atoms with Crippen molar-refractivity contribution in [3.05, 3.63) is 17.0 Å². The number of rotatable bonds is 2. The van der Waals surface area contributed by atoms with Gasteiger partial charge in [0.2, 0.25) is 5.76 Å². The van der Waals surface area contributed by atoms with Gasteiger partial charge in [-0.15, -0.1) is 0 Å². The summed E-state index contributed by atoms with van der Waals surface area (Å²) in [5.41, 5.74) is 1.74. The minimum atomic E-state index is -4.20. The molecule has 8 heteroatoms. The maximum atomic E-state index is 12.5. The van der Waals surface area contributed by atoms with Crippen LogP contribution in [0.15, 0.2) is 4.52 Å². The van der Waals surface area contributed by atoms with Crippen LogP contribution in [0.3, 0.4) is 0 Å². The molecule has 2 heterocycles. The van der Waals surface area contributed by atoms with E-state index in [-0.39, 0.29) is 37.8 Å². The Morgan fingerprint density at radius 3 is 2.50 bits per heavy atom. The Balaban J connectivity index is 1.62. The Kier molecular flexibility index (Phi) is 4.12. The number of hydrogen-bond acceptors (Lipinski definition) is 4. The lowest BCUT2D eigenvalue weighted by molar-refractivity contribution is -0.148. The van der Waals surface area contributed by atoms with E-state index in [0.29, 0.717) is 0 Å². The zero-order valence-electron chi connectivity index (χ0n) is 12.2. The molecule has 1 aliphatic heterocycles. The summed E-state index contributed by atoms with van der Waals surface area (Å²) in [5, 5.41) is 3.95. The third-order valence-corrected chi connectivity index (χ3v) is 4.22. The van der Waals surface area contributed by atoms with Crippen LogP contribution in [0.5, 0.6) is 0 Å². The molecule has 1 amide bonds. The van der Waals surface area contributed by atoms with Gasteiger partial charge in [0.25, 0.3) is 5.91 Å². The van der Waals surface area contributed by atoms with Crippen LogP contribution >= 0.6 is 0 Å². The van der Waals surface area contributed by atoms with Gasteiger partial charge in [0, 0.05) is 31.7 Å². The zero-order chi connectivity index (χ0) is 15.7. The zero-order valence-corrected chi connectivity index (χ0v) is 12.2. The normalized spacial score (nSPS) is 20.0. The summed E-state index contributed by atoms with van der Waals surface area (Å²) in [4.78, 5) is 15.4. The molecule has 2 aliphatic rings. The van der Waals surface area contributed by atoms with Gasteiger partial charge in [0.15, 0.2) is 0 Å². The molecule has 1 aromatic rings. The highest BCUT2D eigenvalue weighted by molar-refractivity contribution is 5.93. The summed E-state index contributed by atoms with van der Waals surface area (Å²) in [6.45, 7) is 0.0880. The van der Waals surface area contributed by atoms with Crippen LogP contribution in [0.1, 0.15) is 34.7 Å². The topological polar surface area (TPSA) is 49.6 Å². The number of hydrogen-bond donors (Lipinski definition) is 0. The SMILES string of the molecule is O=C(c1onc2c1CCCC2)N1CCN(CC(F)(F)F)CC1. The fourth-order valence-electron chi connectivity index (χ4n) is 3.06. The summed E-state index contributed by atoms with van der Waals surface area (Å²) in [7, 11) is 0. The Labute approximate surface area is 126 Å². The van der Waals surface area contributed by atoms with E-state index in [2.05, 4.69) is 5.16 Å². The number of aryl methyl sites for hydroxylation is 1. The molecular formula is C14H18F3N3O2. The molecule has 0 atom stereocenters. The molecule has 122 valence electrons. The third-order valence-electron chi connectivity index (χ3n) is 4.22. The number of piperazine rings is 1. The van der Waals surface area contributed by atoms with E-state index in [1.807, 2.05) is 0 Å². The summed E-state index contributed by atoms with van der Waals surface area (Å²) in [5.74, 6) is 0.0290. The van der Waals surface area contributed by atoms with Crippen LogP contribution in [0.2, 0.25) is 0 Å². The van der Waals surface area contributed by atoms with Crippen molar-refractivity contribution in [2.45, 2.75) is 31.9 Å². The first-order valence-corrected chi connectivity index (χ1v) is 7.50. The number of amides is 1. The lowest BCUT2D eigenvalue weighted by Crippen LogP contribution is -2.51. The molecule has 0 saturated carbocycles. The van der Waals surface area contributed by atoms with Crippen LogP contribution < -0.4 is 0 Å². The van der Waals surface area contributed by atoms with Crippen molar-refractivity contribution in [1.29, 1.82) is 0 Å². The van der Waals surface area contributed by atoms with Crippen LogP contribution in [0.4, 0.5) is 13.2 Å². The predicted molar refractivity (Wildman–Crippen MR) is 71.5 cm³/mol. The van der Waals surface area contributed by atoms with Gasteiger partial charge in [-0.05, 0) is 25.7 Å². The maximum Gasteiger partial charge on any atom is 0.401 e. The Morgan fingerprint density at radius 2 is 1.82 bits per heavy atom. The molecule has 22 heavy (non-hydrogen) atoms. The van der Waals surface area contributed by atoms with Crippen molar-refractivity contribution in [2.24, 2.45) is 0 Å². The lowest BCUT2D eigenvalue weighted by atomic mass is 9.96. The first-order chi connectivity index (χ1) is 10.4. The van der Waals surface area contributed by atoms with Crippen molar-refractivity contribution in [1.82, 2.24) is 15.0 Å². The standard InChI is InChI=1S/C14H18F3N3O2/c15-14(16,17)9-19-5-7-20(8-6-19)13(21)12-10-3-1-2-4-11(10)18-22-12/h1-9H2. The molecule has 0 spiro atoms. The molecule has 1 saturated heterocycles. The molecule has 3 rings (SSSR count). The van der Waals surface area contributed by atoms with Gasteiger partial charge in [-0.3, -0.25) is 9.69 Å². The molecule has 1 fully saturated rings. The second kappa shape index (κ2) is 5.91. The number of carbonyl (C=O) groups excluding carboxylic acids is 1. The quantitative estimate of drug-likeness (QED) is 0.835. The van der Waals surface area contributed by atoms with E-state index in [9.17, 15) is 18.0 Å². The van der Waals surface area contributed by atoms with E-state index >= 15 is 0 Å². The van der Waals surface area contributed by atoms with Gasteiger partial charge in [-0.2, -0.15) is 13.2 Å². The molecule has 0 unspecified atom stereocenters. The molecule has 0 radical (unpaired) electrons. The number of nitrogens with zero attached hydrogens (tertiary/aromatic N) is 3. The largest absolute Gasteiger partial charge is 0.401 e. The molecule has 1 aromatic heterocycles. The molecular weight excluding hydrogens is 299 g/mol. The summed E-state index contributed by atoms with van der Waals surface area (Å²) in [6.07, 6.45) is -0.535. The number of fused-ring (bicyclic) bond motifs is 1. The van der Waals surface area contributed by atoms with Crippen molar-refractivity contribution in [2.75, 3.05) is 32.7 Å². The average Bonchev–Trinajstić information content (AvgIpc) is 2.89. The molecule has 0 bridgehead atoms. The second-order valence-electron chi connectivity index (χ2n) is 5.83. The van der Waals surface area contributed by atoms with Crippen molar-refractivity contribution in [3.63, 3.8) is 0 Å². The van der Waals surface area contributed by atoms with Gasteiger partial charge in [-0.1, -0.05) is 5.16 Å². The van der Waals surface area contributed by atoms with E-state index in [0.717, 1.165) is 36.9 Å². The molecule has 5 nitrogen and oxygen atoms in total. The van der Waals surface area contributed by atoms with Crippen LogP contribution in [0, 0.1) is 0 Å². The highest BCUT2D eigenvalue weighted by Crippen LogP contribution is 2.25. The first kappa shape index (κ1) is 15.3. The maximum absolute atomic E-state index is 12.5. The monoisotopic (exact) mass is 317 g/mol. The highest BCUT2D eigenvalue weighted by atomic mass is 19.4. The Bertz CT molecular complexity index is 548. The minimum absolute atomic E-state index is 0.224. The average molecular weight is 317 g/mol. The predicted octanol–water partition coefficient (Wildman–Crippen LogP) is 1.87. The van der Waals surface area contributed by atoms with Crippen molar-refractivity contribution >= 4 is 5.91 Å². The van der Waals surface area contributed by atoms with Crippen molar-refractivity contribution < 1.29 is 22.5 Å². The van der Waals surface area contributed by atoms with Crippen LogP contribution in [-0.4, -0.2) is 59.8 Å². The van der Waals surface area contributed by atoms with E-state index in [1.165, 1.54) is 4.90 Å². The van der Waals surface area contributed by atoms with Gasteiger partial charge in [0.05, 0.1) is 12.2 Å². The number of aromatic nitrogens is 1. The van der Waals surface area contributed by atoms with Gasteiger partial charge < -0.3 is 9.42 Å². The summed E-state index contributed by atoms with van der Waals surface area (Å²) >= 11 is 0. The van der Waals surface area contributed by atoms with Crippen LogP contribution in [0.25, 0.3) is 0 Å². The third kappa shape index (κ3) is 3.26. The minimum Gasteiger partial charge on any atom is -0.350 e. The number of alkyl halides is 3. The van der Waals surface area contributed by atoms with Crippen molar-refractivity contribution in [3.8, 4) is 0 Å². The Morgan fingerprint density at radius 1 is 1.14 bits per heavy atom. The van der Waals surface area contributed by atoms with Gasteiger partial charge in [-0.25, -0.2) is 0 Å². The highest BCUT2D eigenvalue weighted by Gasteiger charge is 2.34. The fourth-order valence-corrected chi connectivity index (χ4v) is 3.06. The molecule has 1 aliphatic carbocycles. The second-order valence-corrected chi connectivity index (χ2v) is 5.83. The number of halogens is 3. The Hall–Kier alpha value is -1.57. The smallest absolute Gasteiger partial charge is 0.350 e. The number of carbonyl (C=O) groups is 1. The first-order valence-electron chi connectivity index (χ1n) is 7.50. The summed E-state index contributed by atoms with van der Waals surface area (Å²) in [6, 6.07) is 0. The van der Waals surface area contributed by atoms with Crippen LogP contribution in [-0.2, 0) is 12.8 Å². The molecule has 0 aromatic carbocycles.